The Morgan fingerprint density at radius 2 is 1.95 bits per heavy atom. The number of rotatable bonds is 5. The number of hydrogen-bond acceptors (Lipinski definition) is 3. The van der Waals surface area contributed by atoms with E-state index in [1.807, 2.05) is 18.2 Å². The largest absolute Gasteiger partial charge is 0.477 e. The smallest absolute Gasteiger partial charge is 0.345 e. The molecule has 0 radical (unpaired) electrons. The van der Waals surface area contributed by atoms with Crippen molar-refractivity contribution >= 4 is 39.8 Å². The van der Waals surface area contributed by atoms with Crippen LogP contribution in [-0.2, 0) is 11.2 Å². The molecule has 0 saturated heterocycles. The summed E-state index contributed by atoms with van der Waals surface area (Å²) in [5.74, 6) is -1.16. The van der Waals surface area contributed by atoms with Gasteiger partial charge >= 0.3 is 5.97 Å². The van der Waals surface area contributed by atoms with Crippen LogP contribution in [0, 0.1) is 0 Å². The van der Waals surface area contributed by atoms with E-state index in [0.29, 0.717) is 22.9 Å². The first-order valence-corrected chi connectivity index (χ1v) is 7.12. The SMILES string of the molecule is O=C(CCc1ccccc1Cl)Nc1ccc(C(=O)O)s1. The van der Waals surface area contributed by atoms with Crippen LogP contribution >= 0.6 is 22.9 Å². The van der Waals surface area contributed by atoms with Gasteiger partial charge in [-0.25, -0.2) is 4.79 Å². The Balaban J connectivity index is 1.89. The van der Waals surface area contributed by atoms with Crippen molar-refractivity contribution in [3.05, 3.63) is 51.9 Å². The van der Waals surface area contributed by atoms with Crippen molar-refractivity contribution in [1.82, 2.24) is 0 Å². The lowest BCUT2D eigenvalue weighted by Gasteiger charge is -2.04. The van der Waals surface area contributed by atoms with Crippen LogP contribution in [0.3, 0.4) is 0 Å². The second-order valence-corrected chi connectivity index (χ2v) is 5.60. The number of carboxylic acid groups (broad SMARTS) is 1. The van der Waals surface area contributed by atoms with Crippen LogP contribution < -0.4 is 5.32 Å². The van der Waals surface area contributed by atoms with Crippen LogP contribution in [-0.4, -0.2) is 17.0 Å². The third-order valence-corrected chi connectivity index (χ3v) is 4.02. The molecule has 0 unspecified atom stereocenters. The lowest BCUT2D eigenvalue weighted by atomic mass is 10.1. The van der Waals surface area contributed by atoms with Crippen LogP contribution in [0.2, 0.25) is 5.02 Å². The Morgan fingerprint density at radius 1 is 1.20 bits per heavy atom. The Kier molecular flexibility index (Phi) is 4.76. The minimum absolute atomic E-state index is 0.163. The van der Waals surface area contributed by atoms with Gasteiger partial charge in [0.25, 0.3) is 0 Å². The summed E-state index contributed by atoms with van der Waals surface area (Å²) in [7, 11) is 0. The van der Waals surface area contributed by atoms with Crippen LogP contribution in [0.25, 0.3) is 0 Å². The quantitative estimate of drug-likeness (QED) is 0.885. The van der Waals surface area contributed by atoms with Gasteiger partial charge in [0.2, 0.25) is 5.91 Å². The van der Waals surface area contributed by atoms with Crippen molar-refractivity contribution in [3.63, 3.8) is 0 Å². The molecular formula is C14H12ClNO3S. The zero-order valence-electron chi connectivity index (χ0n) is 10.4. The number of thiophene rings is 1. The summed E-state index contributed by atoms with van der Waals surface area (Å²) in [5, 5.41) is 12.7. The molecule has 0 fully saturated rings. The molecule has 0 saturated carbocycles. The normalized spacial score (nSPS) is 10.2. The lowest BCUT2D eigenvalue weighted by Crippen LogP contribution is -2.11. The highest BCUT2D eigenvalue weighted by atomic mass is 35.5. The van der Waals surface area contributed by atoms with Gasteiger partial charge in [-0.15, -0.1) is 11.3 Å². The van der Waals surface area contributed by atoms with E-state index in [-0.39, 0.29) is 10.8 Å². The number of aryl methyl sites for hydroxylation is 1. The van der Waals surface area contributed by atoms with Gasteiger partial charge in [-0.2, -0.15) is 0 Å². The minimum atomic E-state index is -0.994. The molecule has 4 nitrogen and oxygen atoms in total. The van der Waals surface area contributed by atoms with Crippen molar-refractivity contribution in [2.24, 2.45) is 0 Å². The van der Waals surface area contributed by atoms with Crippen molar-refractivity contribution in [2.75, 3.05) is 5.32 Å². The molecule has 0 aliphatic heterocycles. The molecule has 2 rings (SSSR count). The maximum absolute atomic E-state index is 11.8. The lowest BCUT2D eigenvalue weighted by molar-refractivity contribution is -0.116. The number of hydrogen-bond donors (Lipinski definition) is 2. The molecule has 6 heteroatoms. The number of anilines is 1. The minimum Gasteiger partial charge on any atom is -0.477 e. The molecule has 0 bridgehead atoms. The van der Waals surface area contributed by atoms with E-state index in [4.69, 9.17) is 16.7 Å². The van der Waals surface area contributed by atoms with E-state index in [0.717, 1.165) is 16.9 Å². The molecule has 1 amide bonds. The number of carboxylic acids is 1. The molecule has 0 aliphatic carbocycles. The average Bonchev–Trinajstić information content (AvgIpc) is 2.86. The number of halogens is 1. The van der Waals surface area contributed by atoms with Crippen molar-refractivity contribution in [1.29, 1.82) is 0 Å². The number of aromatic carboxylic acids is 1. The molecule has 20 heavy (non-hydrogen) atoms. The number of carbonyl (C=O) groups is 2. The van der Waals surface area contributed by atoms with Gasteiger partial charge < -0.3 is 10.4 Å². The number of carbonyl (C=O) groups excluding carboxylic acids is 1. The molecule has 0 aliphatic rings. The Bertz CT molecular complexity index is 639. The van der Waals surface area contributed by atoms with Gasteiger partial charge in [-0.1, -0.05) is 29.8 Å². The summed E-state index contributed by atoms with van der Waals surface area (Å²) < 4.78 is 0. The van der Waals surface area contributed by atoms with E-state index < -0.39 is 5.97 Å². The highest BCUT2D eigenvalue weighted by molar-refractivity contribution is 7.18. The molecule has 1 aromatic heterocycles. The zero-order chi connectivity index (χ0) is 14.5. The van der Waals surface area contributed by atoms with Crippen molar-refractivity contribution in [2.45, 2.75) is 12.8 Å². The van der Waals surface area contributed by atoms with Crippen LogP contribution in [0.15, 0.2) is 36.4 Å². The highest BCUT2D eigenvalue weighted by Gasteiger charge is 2.10. The van der Waals surface area contributed by atoms with Gasteiger partial charge in [-0.05, 0) is 30.2 Å². The summed E-state index contributed by atoms with van der Waals surface area (Å²) >= 11 is 7.05. The first-order chi connectivity index (χ1) is 9.56. The Labute approximate surface area is 125 Å². The second-order valence-electron chi connectivity index (χ2n) is 4.11. The molecule has 104 valence electrons. The third kappa shape index (κ3) is 3.82. The highest BCUT2D eigenvalue weighted by Crippen LogP contribution is 2.22. The van der Waals surface area contributed by atoms with E-state index >= 15 is 0 Å². The van der Waals surface area contributed by atoms with Gasteiger partial charge in [-0.3, -0.25) is 4.79 Å². The Hall–Kier alpha value is -1.85. The number of amides is 1. The molecule has 0 atom stereocenters. The van der Waals surface area contributed by atoms with E-state index in [1.54, 1.807) is 12.1 Å². The van der Waals surface area contributed by atoms with Crippen molar-refractivity contribution in [3.8, 4) is 0 Å². The second kappa shape index (κ2) is 6.54. The fourth-order valence-electron chi connectivity index (χ4n) is 1.67. The maximum Gasteiger partial charge on any atom is 0.345 e. The summed E-state index contributed by atoms with van der Waals surface area (Å²) in [6.07, 6.45) is 0.840. The van der Waals surface area contributed by atoms with E-state index in [1.165, 1.54) is 6.07 Å². The van der Waals surface area contributed by atoms with Crippen LogP contribution in [0.5, 0.6) is 0 Å². The maximum atomic E-state index is 11.8. The molecule has 2 N–H and O–H groups in total. The van der Waals surface area contributed by atoms with E-state index in [2.05, 4.69) is 5.32 Å². The van der Waals surface area contributed by atoms with Crippen LogP contribution in [0.4, 0.5) is 5.00 Å². The van der Waals surface area contributed by atoms with Gasteiger partial charge in [0.15, 0.2) is 0 Å². The fraction of sp³-hybridized carbons (Fsp3) is 0.143. The molecule has 1 heterocycles. The average molecular weight is 310 g/mol. The standard InChI is InChI=1S/C14H12ClNO3S/c15-10-4-2-1-3-9(10)5-7-12(17)16-13-8-6-11(20-13)14(18)19/h1-4,6,8H,5,7H2,(H,16,17)(H,18,19). The molecular weight excluding hydrogens is 298 g/mol. The molecule has 0 spiro atoms. The predicted octanol–water partition coefficient (Wildman–Crippen LogP) is 3.67. The third-order valence-electron chi connectivity index (χ3n) is 2.66. The number of nitrogens with one attached hydrogen (secondary N) is 1. The summed E-state index contributed by atoms with van der Waals surface area (Å²) in [6.45, 7) is 0. The summed E-state index contributed by atoms with van der Waals surface area (Å²) in [4.78, 5) is 22.7. The zero-order valence-corrected chi connectivity index (χ0v) is 12.0. The predicted molar refractivity (Wildman–Crippen MR) is 79.7 cm³/mol. The van der Waals surface area contributed by atoms with Gasteiger partial charge in [0.05, 0.1) is 5.00 Å². The summed E-state index contributed by atoms with van der Waals surface area (Å²) in [6, 6.07) is 10.4. The molecule has 2 aromatic rings. The fourth-order valence-corrected chi connectivity index (χ4v) is 2.66. The number of benzene rings is 1. The summed E-state index contributed by atoms with van der Waals surface area (Å²) in [5.41, 5.74) is 0.918. The van der Waals surface area contributed by atoms with Crippen molar-refractivity contribution < 1.29 is 14.7 Å². The van der Waals surface area contributed by atoms with Crippen LogP contribution in [0.1, 0.15) is 21.7 Å². The van der Waals surface area contributed by atoms with E-state index in [9.17, 15) is 9.59 Å². The van der Waals surface area contributed by atoms with Gasteiger partial charge in [0, 0.05) is 11.4 Å². The first kappa shape index (κ1) is 14.6. The monoisotopic (exact) mass is 309 g/mol. The Morgan fingerprint density at radius 3 is 2.60 bits per heavy atom. The first-order valence-electron chi connectivity index (χ1n) is 5.92. The van der Waals surface area contributed by atoms with Gasteiger partial charge in [0.1, 0.15) is 4.88 Å². The molecule has 1 aromatic carbocycles. The topological polar surface area (TPSA) is 66.4 Å².